The van der Waals surface area contributed by atoms with E-state index in [1.54, 1.807) is 23.1 Å². The number of carboxylic acid groups (broad SMARTS) is 1. The molecule has 0 radical (unpaired) electrons. The van der Waals surface area contributed by atoms with Gasteiger partial charge in [-0.25, -0.2) is 4.98 Å². The fourth-order valence-electron chi connectivity index (χ4n) is 2.59. The van der Waals surface area contributed by atoms with Gasteiger partial charge in [-0.3, -0.25) is 9.59 Å². The Labute approximate surface area is 137 Å². The number of pyridine rings is 1. The Hall–Kier alpha value is -2.18. The molecule has 23 heavy (non-hydrogen) atoms. The Morgan fingerprint density at radius 1 is 1.35 bits per heavy atom. The van der Waals surface area contributed by atoms with E-state index >= 15 is 0 Å². The highest BCUT2D eigenvalue weighted by molar-refractivity contribution is 6.31. The molecule has 7 heteroatoms. The third-order valence-corrected chi connectivity index (χ3v) is 3.94. The van der Waals surface area contributed by atoms with Crippen LogP contribution in [0.3, 0.4) is 0 Å². The van der Waals surface area contributed by atoms with Crippen LogP contribution in [0, 0.1) is 0 Å². The number of carbonyl (C=O) groups excluding carboxylic acids is 1. The van der Waals surface area contributed by atoms with Crippen LogP contribution in [0.4, 0.5) is 0 Å². The number of morpholine rings is 1. The van der Waals surface area contributed by atoms with Crippen molar-refractivity contribution in [1.82, 2.24) is 9.88 Å². The summed E-state index contributed by atoms with van der Waals surface area (Å²) in [6.45, 7) is 0.994. The molecular weight excluding hydrogens is 320 g/mol. The van der Waals surface area contributed by atoms with E-state index in [-0.39, 0.29) is 18.9 Å². The van der Waals surface area contributed by atoms with Gasteiger partial charge in [0.1, 0.15) is 5.69 Å². The van der Waals surface area contributed by atoms with Crippen molar-refractivity contribution in [3.8, 4) is 0 Å². The number of nitrogens with zero attached hydrogens (tertiary/aromatic N) is 2. The molecule has 1 aliphatic heterocycles. The molecule has 2 heterocycles. The molecule has 1 fully saturated rings. The van der Waals surface area contributed by atoms with Gasteiger partial charge in [-0.1, -0.05) is 23.7 Å². The maximum Gasteiger partial charge on any atom is 0.306 e. The minimum absolute atomic E-state index is 0.120. The summed E-state index contributed by atoms with van der Waals surface area (Å²) in [5, 5.41) is 10.3. The fourth-order valence-corrected chi connectivity index (χ4v) is 2.76. The van der Waals surface area contributed by atoms with Crippen molar-refractivity contribution in [2.75, 3.05) is 19.7 Å². The van der Waals surface area contributed by atoms with Gasteiger partial charge >= 0.3 is 5.97 Å². The first-order valence-electron chi connectivity index (χ1n) is 7.22. The number of hydrogen-bond donors (Lipinski definition) is 1. The van der Waals surface area contributed by atoms with Crippen LogP contribution in [-0.2, 0) is 9.53 Å². The molecule has 0 saturated carbocycles. The Bertz CT molecular complexity index is 765. The number of ether oxygens (including phenoxy) is 1. The van der Waals surface area contributed by atoms with E-state index in [0.29, 0.717) is 29.4 Å². The maximum atomic E-state index is 12.6. The first kappa shape index (κ1) is 15.7. The number of hydrogen-bond acceptors (Lipinski definition) is 4. The van der Waals surface area contributed by atoms with Crippen LogP contribution in [0.5, 0.6) is 0 Å². The number of carboxylic acids is 1. The first-order chi connectivity index (χ1) is 11.0. The lowest BCUT2D eigenvalue weighted by Crippen LogP contribution is -2.46. The van der Waals surface area contributed by atoms with Crippen LogP contribution in [0.2, 0.25) is 5.02 Å². The number of fused-ring (bicyclic) bond motifs is 1. The zero-order valence-electron chi connectivity index (χ0n) is 12.2. The average Bonchev–Trinajstić information content (AvgIpc) is 2.53. The highest BCUT2D eigenvalue weighted by atomic mass is 35.5. The van der Waals surface area contributed by atoms with Crippen molar-refractivity contribution in [1.29, 1.82) is 0 Å². The Morgan fingerprint density at radius 2 is 2.13 bits per heavy atom. The lowest BCUT2D eigenvalue weighted by molar-refractivity contribution is -0.141. The molecule has 3 rings (SSSR count). The van der Waals surface area contributed by atoms with E-state index < -0.39 is 12.1 Å². The molecule has 1 atom stereocenters. The van der Waals surface area contributed by atoms with Crippen LogP contribution < -0.4 is 0 Å². The number of carbonyl (C=O) groups is 2. The summed E-state index contributed by atoms with van der Waals surface area (Å²) in [6, 6.07) is 8.81. The number of benzene rings is 1. The number of halogens is 1. The van der Waals surface area contributed by atoms with E-state index in [1.165, 1.54) is 0 Å². The molecule has 0 spiro atoms. The van der Waals surface area contributed by atoms with Gasteiger partial charge in [0.2, 0.25) is 0 Å². The van der Waals surface area contributed by atoms with Crippen molar-refractivity contribution in [3.05, 3.63) is 41.0 Å². The van der Waals surface area contributed by atoms with Crippen molar-refractivity contribution >= 4 is 34.4 Å². The summed E-state index contributed by atoms with van der Waals surface area (Å²) in [7, 11) is 0. The Kier molecular flexibility index (Phi) is 4.45. The fraction of sp³-hybridized carbons (Fsp3) is 0.312. The molecular formula is C16H15ClN2O4. The van der Waals surface area contributed by atoms with Crippen molar-refractivity contribution < 1.29 is 19.4 Å². The number of amides is 1. The predicted octanol–water partition coefficient (Wildman–Crippen LogP) is 2.20. The molecule has 1 amide bonds. The standard InChI is InChI=1S/C16H15ClN2O4/c17-11-3-1-10-2-4-13(18-14(10)7-11)16(22)19-5-6-23-12(9-19)8-15(20)21/h1-4,7,12H,5-6,8-9H2,(H,20,21). The molecule has 1 N–H and O–H groups in total. The van der Waals surface area contributed by atoms with Crippen molar-refractivity contribution in [2.24, 2.45) is 0 Å². The number of rotatable bonds is 3. The second-order valence-electron chi connectivity index (χ2n) is 5.38. The lowest BCUT2D eigenvalue weighted by atomic mass is 10.1. The van der Waals surface area contributed by atoms with E-state index in [9.17, 15) is 9.59 Å². The topological polar surface area (TPSA) is 79.7 Å². The minimum Gasteiger partial charge on any atom is -0.481 e. The highest BCUT2D eigenvalue weighted by Gasteiger charge is 2.27. The molecule has 2 aromatic rings. The van der Waals surface area contributed by atoms with Crippen molar-refractivity contribution in [3.63, 3.8) is 0 Å². The summed E-state index contributed by atoms with van der Waals surface area (Å²) in [5.41, 5.74) is 0.967. The van der Waals surface area contributed by atoms with Crippen LogP contribution in [0.25, 0.3) is 10.9 Å². The van der Waals surface area contributed by atoms with Gasteiger partial charge < -0.3 is 14.7 Å². The third kappa shape index (κ3) is 3.60. The summed E-state index contributed by atoms with van der Waals surface area (Å²) < 4.78 is 5.38. The summed E-state index contributed by atoms with van der Waals surface area (Å²) in [5.74, 6) is -1.17. The van der Waals surface area contributed by atoms with Crippen LogP contribution in [-0.4, -0.2) is 52.7 Å². The number of aliphatic carboxylic acids is 1. The SMILES string of the molecule is O=C(O)CC1CN(C(=O)c2ccc3ccc(Cl)cc3n2)CCO1. The summed E-state index contributed by atoms with van der Waals surface area (Å²) in [6.07, 6.45) is -0.607. The zero-order chi connectivity index (χ0) is 16.4. The second-order valence-corrected chi connectivity index (χ2v) is 5.81. The van der Waals surface area contributed by atoms with E-state index in [2.05, 4.69) is 4.98 Å². The molecule has 1 aromatic carbocycles. The average molecular weight is 335 g/mol. The normalized spacial score (nSPS) is 18.1. The Morgan fingerprint density at radius 3 is 2.91 bits per heavy atom. The van der Waals surface area contributed by atoms with E-state index in [0.717, 1.165) is 5.39 Å². The van der Waals surface area contributed by atoms with Crippen LogP contribution in [0.15, 0.2) is 30.3 Å². The molecule has 0 aliphatic carbocycles. The molecule has 120 valence electrons. The molecule has 0 bridgehead atoms. The summed E-state index contributed by atoms with van der Waals surface area (Å²) in [4.78, 5) is 29.3. The van der Waals surface area contributed by atoms with Gasteiger partial charge in [0.15, 0.2) is 0 Å². The first-order valence-corrected chi connectivity index (χ1v) is 7.60. The van der Waals surface area contributed by atoms with E-state index in [4.69, 9.17) is 21.4 Å². The van der Waals surface area contributed by atoms with Crippen LogP contribution >= 0.6 is 11.6 Å². The van der Waals surface area contributed by atoms with E-state index in [1.807, 2.05) is 12.1 Å². The molecule has 1 aromatic heterocycles. The lowest BCUT2D eigenvalue weighted by Gasteiger charge is -2.32. The largest absolute Gasteiger partial charge is 0.481 e. The van der Waals surface area contributed by atoms with Crippen molar-refractivity contribution in [2.45, 2.75) is 12.5 Å². The number of aromatic nitrogens is 1. The maximum absolute atomic E-state index is 12.6. The molecule has 6 nitrogen and oxygen atoms in total. The van der Waals surface area contributed by atoms with Gasteiger partial charge in [0.05, 0.1) is 24.6 Å². The Balaban J connectivity index is 1.80. The monoisotopic (exact) mass is 334 g/mol. The van der Waals surface area contributed by atoms with Gasteiger partial charge in [-0.15, -0.1) is 0 Å². The zero-order valence-corrected chi connectivity index (χ0v) is 13.0. The molecule has 1 saturated heterocycles. The van der Waals surface area contributed by atoms with Gasteiger partial charge in [-0.2, -0.15) is 0 Å². The smallest absolute Gasteiger partial charge is 0.306 e. The summed E-state index contributed by atoms with van der Waals surface area (Å²) >= 11 is 5.96. The minimum atomic E-state index is -0.942. The van der Waals surface area contributed by atoms with Gasteiger partial charge in [-0.05, 0) is 18.2 Å². The quantitative estimate of drug-likeness (QED) is 0.930. The predicted molar refractivity (Wildman–Crippen MR) is 84.6 cm³/mol. The second kappa shape index (κ2) is 6.52. The highest BCUT2D eigenvalue weighted by Crippen LogP contribution is 2.19. The molecule has 1 unspecified atom stereocenters. The van der Waals surface area contributed by atoms with Gasteiger partial charge in [0.25, 0.3) is 5.91 Å². The van der Waals surface area contributed by atoms with Crippen LogP contribution in [0.1, 0.15) is 16.9 Å². The van der Waals surface area contributed by atoms with Gasteiger partial charge in [0, 0.05) is 23.5 Å². The third-order valence-electron chi connectivity index (χ3n) is 3.70. The molecule has 1 aliphatic rings.